The lowest BCUT2D eigenvalue weighted by Gasteiger charge is -2.29. The normalized spacial score (nSPS) is 11.4. The number of fused-ring (bicyclic) bond motifs is 2. The molecule has 0 heterocycles. The first-order valence-corrected chi connectivity index (χ1v) is 14.0. The summed E-state index contributed by atoms with van der Waals surface area (Å²) in [7, 11) is -2.36. The van der Waals surface area contributed by atoms with E-state index in [1.165, 1.54) is 0 Å². The van der Waals surface area contributed by atoms with Crippen molar-refractivity contribution in [1.29, 1.82) is 0 Å². The number of carbonyl (C=O) groups is 1. The minimum Gasteiger partial charge on any atom is -0.478 e. The first-order chi connectivity index (χ1) is 16.0. The number of carboxylic acid groups (broad SMARTS) is 1. The molecule has 0 radical (unpaired) electrons. The van der Waals surface area contributed by atoms with Crippen LogP contribution in [0.15, 0.2) is 54.6 Å². The zero-order chi connectivity index (χ0) is 24.1. The fourth-order valence-electron chi connectivity index (χ4n) is 3.66. The molecule has 6 heteroatoms. The van der Waals surface area contributed by atoms with E-state index in [0.29, 0.717) is 5.56 Å². The fraction of sp³-hybridized carbons (Fsp3) is 0.444. The van der Waals surface area contributed by atoms with Crippen LogP contribution >= 0.6 is 0 Å². The van der Waals surface area contributed by atoms with E-state index in [2.05, 4.69) is 27.7 Å². The van der Waals surface area contributed by atoms with Crippen LogP contribution in [-0.4, -0.2) is 39.7 Å². The summed E-state index contributed by atoms with van der Waals surface area (Å²) in [4.78, 5) is 11.4. The Kier molecular flexibility index (Phi) is 11.5. The molecule has 0 unspecified atom stereocenters. The van der Waals surface area contributed by atoms with Gasteiger partial charge in [-0.3, -0.25) is 0 Å². The lowest BCUT2D eigenvalue weighted by atomic mass is 9.97. The Labute approximate surface area is 199 Å². The minimum absolute atomic E-state index is 0.388. The van der Waals surface area contributed by atoms with Crippen LogP contribution in [0.1, 0.15) is 63.7 Å². The van der Waals surface area contributed by atoms with E-state index in [1.807, 2.05) is 54.6 Å². The number of aromatic carboxylic acids is 1. The van der Waals surface area contributed by atoms with Crippen molar-refractivity contribution in [3.8, 4) is 0 Å². The number of rotatable bonds is 12. The standard InChI is InChI=1S/C15H10O2.C12H28O3Si/c16-15(17)14-12-7-3-1-5-10(12)9-11-6-2-4-8-13(11)14;1-5-9-13-16(12-8-4,14-10-6-2)15-11-7-3/h1-9H,(H,16,17);5-12H2,1-4H3. The first-order valence-electron chi connectivity index (χ1n) is 12.1. The van der Waals surface area contributed by atoms with Crippen LogP contribution in [-0.2, 0) is 13.3 Å². The number of benzene rings is 3. The maximum absolute atomic E-state index is 11.4. The zero-order valence-corrected chi connectivity index (χ0v) is 21.4. The Balaban J connectivity index is 0.000000235. The molecule has 5 nitrogen and oxygen atoms in total. The molecule has 3 rings (SSSR count). The maximum Gasteiger partial charge on any atom is 0.500 e. The van der Waals surface area contributed by atoms with E-state index in [-0.39, 0.29) is 0 Å². The van der Waals surface area contributed by atoms with E-state index >= 15 is 0 Å². The molecule has 3 aromatic rings. The predicted molar refractivity (Wildman–Crippen MR) is 138 cm³/mol. The maximum atomic E-state index is 11.4. The summed E-state index contributed by atoms with van der Waals surface area (Å²) in [5, 5.41) is 12.9. The highest BCUT2D eigenvalue weighted by atomic mass is 28.4. The van der Waals surface area contributed by atoms with E-state index < -0.39 is 14.8 Å². The third kappa shape index (κ3) is 7.64. The quantitative estimate of drug-likeness (QED) is 0.222. The monoisotopic (exact) mass is 470 g/mol. The van der Waals surface area contributed by atoms with E-state index in [9.17, 15) is 9.90 Å². The molecular formula is C27H38O5Si. The number of hydrogen-bond donors (Lipinski definition) is 1. The average molecular weight is 471 g/mol. The van der Waals surface area contributed by atoms with Gasteiger partial charge in [0.2, 0.25) is 0 Å². The van der Waals surface area contributed by atoms with Gasteiger partial charge in [0, 0.05) is 25.9 Å². The summed E-state index contributed by atoms with van der Waals surface area (Å²) in [5.41, 5.74) is 0.388. The largest absolute Gasteiger partial charge is 0.500 e. The van der Waals surface area contributed by atoms with Crippen LogP contribution in [0.5, 0.6) is 0 Å². The molecule has 0 aromatic heterocycles. The molecule has 0 bridgehead atoms. The third-order valence-electron chi connectivity index (χ3n) is 5.12. The van der Waals surface area contributed by atoms with Gasteiger partial charge in [0.1, 0.15) is 0 Å². The molecule has 0 atom stereocenters. The predicted octanol–water partition coefficient (Wildman–Crippen LogP) is 7.31. The second-order valence-electron chi connectivity index (χ2n) is 7.98. The molecule has 0 aliphatic rings. The van der Waals surface area contributed by atoms with Crippen molar-refractivity contribution >= 4 is 36.3 Å². The molecular weight excluding hydrogens is 432 g/mol. The fourth-order valence-corrected chi connectivity index (χ4v) is 6.51. The highest BCUT2D eigenvalue weighted by Gasteiger charge is 2.39. The average Bonchev–Trinajstić information content (AvgIpc) is 2.83. The Morgan fingerprint density at radius 1 is 0.727 bits per heavy atom. The van der Waals surface area contributed by atoms with E-state index in [0.717, 1.165) is 73.1 Å². The highest BCUT2D eigenvalue weighted by molar-refractivity contribution is 6.60. The van der Waals surface area contributed by atoms with Crippen molar-refractivity contribution < 1.29 is 23.2 Å². The molecule has 0 aliphatic carbocycles. The number of hydrogen-bond acceptors (Lipinski definition) is 4. The van der Waals surface area contributed by atoms with Crippen LogP contribution in [0.25, 0.3) is 21.5 Å². The van der Waals surface area contributed by atoms with Crippen LogP contribution < -0.4 is 0 Å². The topological polar surface area (TPSA) is 65.0 Å². The highest BCUT2D eigenvalue weighted by Crippen LogP contribution is 2.28. The van der Waals surface area contributed by atoms with Gasteiger partial charge < -0.3 is 18.4 Å². The van der Waals surface area contributed by atoms with Crippen molar-refractivity contribution in [1.82, 2.24) is 0 Å². The molecule has 33 heavy (non-hydrogen) atoms. The van der Waals surface area contributed by atoms with Gasteiger partial charge in [0.25, 0.3) is 0 Å². The van der Waals surface area contributed by atoms with Crippen LogP contribution in [0, 0.1) is 0 Å². The Hall–Kier alpha value is -2.25. The molecule has 180 valence electrons. The van der Waals surface area contributed by atoms with Gasteiger partial charge in [0.15, 0.2) is 0 Å². The van der Waals surface area contributed by atoms with Gasteiger partial charge in [-0.1, -0.05) is 82.6 Å². The molecule has 0 spiro atoms. The van der Waals surface area contributed by atoms with Crippen molar-refractivity contribution in [2.45, 2.75) is 59.4 Å². The van der Waals surface area contributed by atoms with E-state index in [4.69, 9.17) is 13.3 Å². The molecule has 0 saturated heterocycles. The summed E-state index contributed by atoms with van der Waals surface area (Å²) in [6.45, 7) is 10.8. The van der Waals surface area contributed by atoms with Gasteiger partial charge in [-0.2, -0.15) is 0 Å². The third-order valence-corrected chi connectivity index (χ3v) is 8.16. The first kappa shape index (κ1) is 27.0. The molecule has 0 amide bonds. The van der Waals surface area contributed by atoms with Gasteiger partial charge in [0.05, 0.1) is 5.56 Å². The Morgan fingerprint density at radius 2 is 1.15 bits per heavy atom. The van der Waals surface area contributed by atoms with Crippen LogP contribution in [0.4, 0.5) is 0 Å². The van der Waals surface area contributed by atoms with Gasteiger partial charge in [-0.25, -0.2) is 4.79 Å². The molecule has 1 N–H and O–H groups in total. The van der Waals surface area contributed by atoms with Crippen molar-refractivity contribution in [2.75, 3.05) is 19.8 Å². The zero-order valence-electron chi connectivity index (χ0n) is 20.4. The summed E-state index contributed by atoms with van der Waals surface area (Å²) in [5.74, 6) is -0.877. The van der Waals surface area contributed by atoms with Gasteiger partial charge in [-0.15, -0.1) is 0 Å². The summed E-state index contributed by atoms with van der Waals surface area (Å²) in [6, 6.07) is 18.1. The Bertz CT molecular complexity index is 928. The SMILES string of the molecule is CCCO[Si](CCC)(OCCC)OCCC.O=C(O)c1c2ccccc2cc2ccccc12. The second-order valence-corrected chi connectivity index (χ2v) is 10.7. The summed E-state index contributed by atoms with van der Waals surface area (Å²) >= 11 is 0. The van der Waals surface area contributed by atoms with Crippen molar-refractivity contribution in [3.63, 3.8) is 0 Å². The molecule has 0 fully saturated rings. The molecule has 0 aliphatic heterocycles. The van der Waals surface area contributed by atoms with E-state index in [1.54, 1.807) is 0 Å². The van der Waals surface area contributed by atoms with Crippen molar-refractivity contribution in [3.05, 3.63) is 60.2 Å². The Morgan fingerprint density at radius 3 is 1.52 bits per heavy atom. The lowest BCUT2D eigenvalue weighted by molar-refractivity contribution is 0.0590. The van der Waals surface area contributed by atoms with Crippen LogP contribution in [0.2, 0.25) is 6.04 Å². The summed E-state index contributed by atoms with van der Waals surface area (Å²) < 4.78 is 17.8. The minimum atomic E-state index is -2.36. The second kappa shape index (κ2) is 14.1. The van der Waals surface area contributed by atoms with Gasteiger partial charge in [-0.05, 0) is 46.9 Å². The summed E-state index contributed by atoms with van der Waals surface area (Å²) in [6.07, 6.45) is 4.11. The smallest absolute Gasteiger partial charge is 0.478 e. The van der Waals surface area contributed by atoms with Crippen molar-refractivity contribution in [2.24, 2.45) is 0 Å². The van der Waals surface area contributed by atoms with Crippen LogP contribution in [0.3, 0.4) is 0 Å². The molecule has 0 saturated carbocycles. The lowest BCUT2D eigenvalue weighted by Crippen LogP contribution is -2.46. The van der Waals surface area contributed by atoms with Gasteiger partial charge >= 0.3 is 14.8 Å². The molecule has 3 aromatic carbocycles. The number of carboxylic acids is 1.